The summed E-state index contributed by atoms with van der Waals surface area (Å²) < 4.78 is 25.1. The van der Waals surface area contributed by atoms with Crippen molar-refractivity contribution in [2.24, 2.45) is 7.05 Å². The van der Waals surface area contributed by atoms with Gasteiger partial charge in [-0.3, -0.25) is 4.79 Å². The van der Waals surface area contributed by atoms with Crippen LogP contribution in [0.15, 0.2) is 12.4 Å². The van der Waals surface area contributed by atoms with E-state index in [2.05, 4.69) is 10.3 Å². The monoisotopic (exact) mass is 189 g/mol. The standard InChI is InChI=1S/C7H9F2N3O/c1-12-3-2-10-5(12)4-11-7(13)6(8)9/h2-3,6H,4H2,1H3,(H,11,13). The molecule has 13 heavy (non-hydrogen) atoms. The molecule has 0 radical (unpaired) electrons. The molecule has 0 bridgehead atoms. The third kappa shape index (κ3) is 2.50. The number of aryl methyl sites for hydroxylation is 1. The number of imidazole rings is 1. The SMILES string of the molecule is Cn1ccnc1CNC(=O)C(F)F. The highest BCUT2D eigenvalue weighted by Crippen LogP contribution is 1.95. The van der Waals surface area contributed by atoms with Crippen molar-refractivity contribution >= 4 is 5.91 Å². The number of halogens is 2. The minimum atomic E-state index is -2.97. The van der Waals surface area contributed by atoms with Crippen molar-refractivity contribution < 1.29 is 13.6 Å². The lowest BCUT2D eigenvalue weighted by Gasteiger charge is -2.03. The van der Waals surface area contributed by atoms with Crippen LogP contribution in [0.2, 0.25) is 0 Å². The minimum Gasteiger partial charge on any atom is -0.344 e. The van der Waals surface area contributed by atoms with Gasteiger partial charge in [-0.1, -0.05) is 0 Å². The van der Waals surface area contributed by atoms with Crippen molar-refractivity contribution in [3.63, 3.8) is 0 Å². The molecule has 0 aliphatic heterocycles. The number of hydrogen-bond donors (Lipinski definition) is 1. The third-order valence-electron chi connectivity index (χ3n) is 1.54. The van der Waals surface area contributed by atoms with Gasteiger partial charge in [0.05, 0.1) is 6.54 Å². The van der Waals surface area contributed by atoms with Crippen LogP contribution in [0.5, 0.6) is 0 Å². The molecular weight excluding hydrogens is 180 g/mol. The minimum absolute atomic E-state index is 0.0205. The van der Waals surface area contributed by atoms with Crippen LogP contribution in [0.3, 0.4) is 0 Å². The predicted molar refractivity (Wildman–Crippen MR) is 41.1 cm³/mol. The first kappa shape index (κ1) is 9.63. The fourth-order valence-electron chi connectivity index (χ4n) is 0.810. The molecule has 6 heteroatoms. The fourth-order valence-corrected chi connectivity index (χ4v) is 0.810. The van der Waals surface area contributed by atoms with Crippen molar-refractivity contribution in [3.05, 3.63) is 18.2 Å². The second kappa shape index (κ2) is 3.97. The Morgan fingerprint density at radius 3 is 2.92 bits per heavy atom. The van der Waals surface area contributed by atoms with Gasteiger partial charge in [-0.25, -0.2) is 4.98 Å². The van der Waals surface area contributed by atoms with Gasteiger partial charge in [-0.15, -0.1) is 0 Å². The molecule has 0 aromatic carbocycles. The van der Waals surface area contributed by atoms with Gasteiger partial charge in [0.2, 0.25) is 0 Å². The van der Waals surface area contributed by atoms with Gasteiger partial charge in [0.25, 0.3) is 5.91 Å². The maximum atomic E-state index is 11.7. The van der Waals surface area contributed by atoms with Crippen molar-refractivity contribution in [2.45, 2.75) is 13.0 Å². The van der Waals surface area contributed by atoms with Crippen molar-refractivity contribution in [1.29, 1.82) is 0 Å². The van der Waals surface area contributed by atoms with E-state index >= 15 is 0 Å². The smallest absolute Gasteiger partial charge is 0.315 e. The van der Waals surface area contributed by atoms with Gasteiger partial charge >= 0.3 is 6.43 Å². The summed E-state index contributed by atoms with van der Waals surface area (Å²) in [4.78, 5) is 14.3. The number of alkyl halides is 2. The Labute approximate surface area is 73.6 Å². The first-order valence-electron chi connectivity index (χ1n) is 3.63. The average molecular weight is 189 g/mol. The zero-order valence-electron chi connectivity index (χ0n) is 7.00. The second-order valence-electron chi connectivity index (χ2n) is 2.47. The molecule has 1 heterocycles. The molecule has 0 fully saturated rings. The van der Waals surface area contributed by atoms with Gasteiger partial charge in [0.1, 0.15) is 5.82 Å². The van der Waals surface area contributed by atoms with Gasteiger partial charge in [0, 0.05) is 19.4 Å². The fraction of sp³-hybridized carbons (Fsp3) is 0.429. The largest absolute Gasteiger partial charge is 0.344 e. The topological polar surface area (TPSA) is 46.9 Å². The highest BCUT2D eigenvalue weighted by atomic mass is 19.3. The number of hydrogen-bond acceptors (Lipinski definition) is 2. The van der Waals surface area contributed by atoms with Crippen LogP contribution in [-0.2, 0) is 18.4 Å². The number of carbonyl (C=O) groups is 1. The van der Waals surface area contributed by atoms with Crippen LogP contribution < -0.4 is 5.32 Å². The molecule has 1 rings (SSSR count). The Morgan fingerprint density at radius 2 is 2.46 bits per heavy atom. The number of rotatable bonds is 3. The number of nitrogens with zero attached hydrogens (tertiary/aromatic N) is 2. The van der Waals surface area contributed by atoms with Crippen molar-refractivity contribution in [3.8, 4) is 0 Å². The second-order valence-corrected chi connectivity index (χ2v) is 2.47. The lowest BCUT2D eigenvalue weighted by molar-refractivity contribution is -0.131. The van der Waals surface area contributed by atoms with E-state index in [9.17, 15) is 13.6 Å². The summed E-state index contributed by atoms with van der Waals surface area (Å²) in [7, 11) is 1.72. The summed E-state index contributed by atoms with van der Waals surface area (Å²) in [5.74, 6) is -0.739. The summed E-state index contributed by atoms with van der Waals surface area (Å²) >= 11 is 0. The number of nitrogens with one attached hydrogen (secondary N) is 1. The Kier molecular flexibility index (Phi) is 2.94. The highest BCUT2D eigenvalue weighted by molar-refractivity contribution is 5.78. The van der Waals surface area contributed by atoms with Gasteiger partial charge in [-0.05, 0) is 0 Å². The molecule has 1 aromatic rings. The molecule has 1 N–H and O–H groups in total. The number of amides is 1. The molecule has 0 unspecified atom stereocenters. The third-order valence-corrected chi connectivity index (χ3v) is 1.54. The highest BCUT2D eigenvalue weighted by Gasteiger charge is 2.14. The lowest BCUT2D eigenvalue weighted by atomic mass is 10.5. The van der Waals surface area contributed by atoms with E-state index in [0.29, 0.717) is 5.82 Å². The Hall–Kier alpha value is -1.46. The molecule has 0 spiro atoms. The van der Waals surface area contributed by atoms with Crippen LogP contribution in [-0.4, -0.2) is 21.9 Å². The van der Waals surface area contributed by atoms with Crippen LogP contribution >= 0.6 is 0 Å². The summed E-state index contributed by atoms with van der Waals surface area (Å²) in [6.07, 6.45) is 0.230. The molecule has 0 aliphatic carbocycles. The van der Waals surface area contributed by atoms with Crippen LogP contribution in [0.4, 0.5) is 8.78 Å². The first-order valence-corrected chi connectivity index (χ1v) is 3.63. The zero-order valence-corrected chi connectivity index (χ0v) is 7.00. The molecule has 0 saturated heterocycles. The predicted octanol–water partition coefficient (Wildman–Crippen LogP) is 0.301. The van der Waals surface area contributed by atoms with Crippen LogP contribution in [0.1, 0.15) is 5.82 Å². The summed E-state index contributed by atoms with van der Waals surface area (Å²) in [5.41, 5.74) is 0. The zero-order chi connectivity index (χ0) is 9.84. The lowest BCUT2D eigenvalue weighted by Crippen LogP contribution is -2.29. The van der Waals surface area contributed by atoms with E-state index in [4.69, 9.17) is 0 Å². The molecule has 0 atom stereocenters. The van der Waals surface area contributed by atoms with Gasteiger partial charge in [0.15, 0.2) is 0 Å². The van der Waals surface area contributed by atoms with Crippen molar-refractivity contribution in [1.82, 2.24) is 14.9 Å². The van der Waals surface area contributed by atoms with E-state index in [-0.39, 0.29) is 6.54 Å². The maximum Gasteiger partial charge on any atom is 0.315 e. The molecule has 72 valence electrons. The Morgan fingerprint density at radius 1 is 1.77 bits per heavy atom. The molecule has 0 aliphatic rings. The number of aromatic nitrogens is 2. The summed E-state index contributed by atoms with van der Waals surface area (Å²) in [6, 6.07) is 0. The van der Waals surface area contributed by atoms with Gasteiger partial charge < -0.3 is 9.88 Å². The van der Waals surface area contributed by atoms with E-state index in [1.54, 1.807) is 17.8 Å². The Bertz CT molecular complexity index is 298. The van der Waals surface area contributed by atoms with Crippen LogP contribution in [0, 0.1) is 0 Å². The van der Waals surface area contributed by atoms with Crippen molar-refractivity contribution in [2.75, 3.05) is 0 Å². The van der Waals surface area contributed by atoms with E-state index in [1.807, 2.05) is 0 Å². The summed E-state index contributed by atoms with van der Waals surface area (Å²) in [5, 5.41) is 2.05. The van der Waals surface area contributed by atoms with Crippen LogP contribution in [0.25, 0.3) is 0 Å². The number of carbonyl (C=O) groups excluding carboxylic acids is 1. The Balaban J connectivity index is 2.44. The average Bonchev–Trinajstić information content (AvgIpc) is 2.47. The molecule has 1 aromatic heterocycles. The first-order chi connectivity index (χ1) is 6.11. The molecule has 1 amide bonds. The quantitative estimate of drug-likeness (QED) is 0.743. The molecule has 0 saturated carbocycles. The van der Waals surface area contributed by atoms with E-state index in [0.717, 1.165) is 0 Å². The van der Waals surface area contributed by atoms with Gasteiger partial charge in [-0.2, -0.15) is 8.78 Å². The molecular formula is C7H9F2N3O. The van der Waals surface area contributed by atoms with E-state index in [1.165, 1.54) is 6.20 Å². The maximum absolute atomic E-state index is 11.7. The summed E-state index contributed by atoms with van der Waals surface area (Å²) in [6.45, 7) is 0.0205. The molecule has 4 nitrogen and oxygen atoms in total. The normalized spacial score (nSPS) is 10.5. The van der Waals surface area contributed by atoms with E-state index < -0.39 is 12.3 Å².